The molecule has 1 fully saturated rings. The Morgan fingerprint density at radius 2 is 2.07 bits per heavy atom. The first-order chi connectivity index (χ1) is 7.04. The molecule has 2 atom stereocenters. The maximum Gasteiger partial charge on any atom is 0.143 e. The summed E-state index contributed by atoms with van der Waals surface area (Å²) in [5, 5.41) is 3.35. The summed E-state index contributed by atoms with van der Waals surface area (Å²) in [7, 11) is 0. The van der Waals surface area contributed by atoms with Crippen molar-refractivity contribution in [3.8, 4) is 0 Å². The minimum Gasteiger partial charge on any atom is -0.316 e. The van der Waals surface area contributed by atoms with Crippen LogP contribution in [-0.2, 0) is 4.79 Å². The smallest absolute Gasteiger partial charge is 0.143 e. The van der Waals surface area contributed by atoms with Crippen LogP contribution >= 0.6 is 0 Å². The van der Waals surface area contributed by atoms with Crippen LogP contribution in [0.5, 0.6) is 0 Å². The van der Waals surface area contributed by atoms with E-state index in [4.69, 9.17) is 0 Å². The van der Waals surface area contributed by atoms with E-state index in [1.54, 1.807) is 0 Å². The van der Waals surface area contributed by atoms with Crippen LogP contribution in [0.25, 0.3) is 0 Å². The van der Waals surface area contributed by atoms with Crippen LogP contribution < -0.4 is 5.32 Å². The molecule has 1 heterocycles. The van der Waals surface area contributed by atoms with Crippen LogP contribution in [0.2, 0.25) is 0 Å². The topological polar surface area (TPSA) is 29.1 Å². The van der Waals surface area contributed by atoms with E-state index in [1.807, 2.05) is 0 Å². The second kappa shape index (κ2) is 5.11. The zero-order valence-corrected chi connectivity index (χ0v) is 10.6. The Labute approximate surface area is 93.8 Å². The maximum absolute atomic E-state index is 12.5. The molecule has 0 aromatic heterocycles. The van der Waals surface area contributed by atoms with E-state index < -0.39 is 0 Å². The molecule has 0 aromatic rings. The van der Waals surface area contributed by atoms with Crippen molar-refractivity contribution in [1.29, 1.82) is 0 Å². The minimum absolute atomic E-state index is 0.0748. The molecule has 2 nitrogen and oxygen atoms in total. The highest BCUT2D eigenvalue weighted by Crippen LogP contribution is 2.38. The summed E-state index contributed by atoms with van der Waals surface area (Å²) in [6, 6.07) is 0. The van der Waals surface area contributed by atoms with E-state index in [-0.39, 0.29) is 11.3 Å². The fourth-order valence-corrected chi connectivity index (χ4v) is 2.75. The summed E-state index contributed by atoms with van der Waals surface area (Å²) in [4.78, 5) is 12.5. The number of carbonyl (C=O) groups excluding carboxylic acids is 1. The van der Waals surface area contributed by atoms with Gasteiger partial charge in [0.15, 0.2) is 0 Å². The molecule has 0 bridgehead atoms. The fourth-order valence-electron chi connectivity index (χ4n) is 2.75. The second-order valence-corrected chi connectivity index (χ2v) is 5.29. The monoisotopic (exact) mass is 211 g/mol. The van der Waals surface area contributed by atoms with Gasteiger partial charge in [0.25, 0.3) is 0 Å². The molecule has 2 unspecified atom stereocenters. The Hall–Kier alpha value is -0.370. The van der Waals surface area contributed by atoms with Gasteiger partial charge in [-0.05, 0) is 25.3 Å². The van der Waals surface area contributed by atoms with E-state index in [0.717, 1.165) is 32.4 Å². The van der Waals surface area contributed by atoms with Crippen molar-refractivity contribution >= 4 is 5.78 Å². The molecule has 88 valence electrons. The summed E-state index contributed by atoms with van der Waals surface area (Å²) in [5.41, 5.74) is -0.0748. The van der Waals surface area contributed by atoms with E-state index in [1.165, 1.54) is 0 Å². The number of rotatable bonds is 5. The molecule has 1 saturated heterocycles. The van der Waals surface area contributed by atoms with E-state index in [2.05, 4.69) is 33.0 Å². The van der Waals surface area contributed by atoms with Crippen molar-refractivity contribution in [1.82, 2.24) is 5.32 Å². The zero-order chi connectivity index (χ0) is 11.5. The fraction of sp³-hybridized carbons (Fsp3) is 0.923. The van der Waals surface area contributed by atoms with Gasteiger partial charge in [0, 0.05) is 17.9 Å². The van der Waals surface area contributed by atoms with Gasteiger partial charge in [-0.1, -0.05) is 34.1 Å². The van der Waals surface area contributed by atoms with Gasteiger partial charge in [-0.15, -0.1) is 0 Å². The zero-order valence-electron chi connectivity index (χ0n) is 10.6. The molecule has 0 radical (unpaired) electrons. The lowest BCUT2D eigenvalue weighted by Crippen LogP contribution is -2.41. The highest BCUT2D eigenvalue weighted by Gasteiger charge is 2.44. The van der Waals surface area contributed by atoms with Crippen LogP contribution in [0.3, 0.4) is 0 Å². The lowest BCUT2D eigenvalue weighted by Gasteiger charge is -2.33. The van der Waals surface area contributed by atoms with E-state index in [0.29, 0.717) is 11.7 Å². The molecule has 1 N–H and O–H groups in total. The van der Waals surface area contributed by atoms with Crippen molar-refractivity contribution in [3.63, 3.8) is 0 Å². The van der Waals surface area contributed by atoms with Gasteiger partial charge in [-0.3, -0.25) is 4.79 Å². The predicted molar refractivity (Wildman–Crippen MR) is 63.8 cm³/mol. The van der Waals surface area contributed by atoms with Crippen LogP contribution in [-0.4, -0.2) is 18.9 Å². The van der Waals surface area contributed by atoms with Gasteiger partial charge in [-0.25, -0.2) is 0 Å². The van der Waals surface area contributed by atoms with Crippen molar-refractivity contribution in [2.45, 2.75) is 47.0 Å². The largest absolute Gasteiger partial charge is 0.316 e. The molecule has 0 spiro atoms. The Kier molecular flexibility index (Phi) is 4.32. The van der Waals surface area contributed by atoms with Crippen LogP contribution in [0.15, 0.2) is 0 Å². The van der Waals surface area contributed by atoms with Crippen molar-refractivity contribution < 1.29 is 4.79 Å². The Bertz CT molecular complexity index is 217. The van der Waals surface area contributed by atoms with Crippen LogP contribution in [0.1, 0.15) is 47.0 Å². The maximum atomic E-state index is 12.5. The van der Waals surface area contributed by atoms with Gasteiger partial charge in [0.1, 0.15) is 5.78 Å². The highest BCUT2D eigenvalue weighted by atomic mass is 16.1. The minimum atomic E-state index is -0.0748. The normalized spacial score (nSPS) is 28.3. The standard InChI is InChI=1S/C13H25NO/c1-5-6-11(4)12(15)13(10(2)3)7-8-14-9-13/h10-11,14H,5-9H2,1-4H3. The predicted octanol–water partition coefficient (Wildman–Crippen LogP) is 2.63. The number of Topliss-reactive ketones (excluding diaryl/α,β-unsaturated/α-hetero) is 1. The third-order valence-electron chi connectivity index (χ3n) is 3.95. The third-order valence-corrected chi connectivity index (χ3v) is 3.95. The first-order valence-corrected chi connectivity index (χ1v) is 6.29. The number of ketones is 1. The summed E-state index contributed by atoms with van der Waals surface area (Å²) in [6.45, 7) is 10.5. The molecule has 1 aliphatic rings. The number of hydrogen-bond donors (Lipinski definition) is 1. The highest BCUT2D eigenvalue weighted by molar-refractivity contribution is 5.87. The van der Waals surface area contributed by atoms with Gasteiger partial charge >= 0.3 is 0 Å². The van der Waals surface area contributed by atoms with Crippen molar-refractivity contribution in [3.05, 3.63) is 0 Å². The third kappa shape index (κ3) is 2.41. The van der Waals surface area contributed by atoms with Gasteiger partial charge < -0.3 is 5.32 Å². The van der Waals surface area contributed by atoms with Gasteiger partial charge in [0.05, 0.1) is 0 Å². The molecule has 2 heteroatoms. The number of nitrogens with one attached hydrogen (secondary N) is 1. The SMILES string of the molecule is CCCC(C)C(=O)C1(C(C)C)CCNC1. The molecule has 0 aliphatic carbocycles. The first-order valence-electron chi connectivity index (χ1n) is 6.29. The molecule has 0 aromatic carbocycles. The second-order valence-electron chi connectivity index (χ2n) is 5.29. The number of carbonyl (C=O) groups is 1. The average molecular weight is 211 g/mol. The van der Waals surface area contributed by atoms with Crippen LogP contribution in [0.4, 0.5) is 0 Å². The van der Waals surface area contributed by atoms with Crippen molar-refractivity contribution in [2.75, 3.05) is 13.1 Å². The van der Waals surface area contributed by atoms with Gasteiger partial charge in [-0.2, -0.15) is 0 Å². The summed E-state index contributed by atoms with van der Waals surface area (Å²) < 4.78 is 0. The van der Waals surface area contributed by atoms with Gasteiger partial charge in [0.2, 0.25) is 0 Å². The lowest BCUT2D eigenvalue weighted by atomic mass is 9.69. The number of hydrogen-bond acceptors (Lipinski definition) is 2. The quantitative estimate of drug-likeness (QED) is 0.757. The Morgan fingerprint density at radius 1 is 1.40 bits per heavy atom. The Morgan fingerprint density at radius 3 is 2.47 bits per heavy atom. The lowest BCUT2D eigenvalue weighted by molar-refractivity contribution is -0.134. The average Bonchev–Trinajstić information content (AvgIpc) is 2.66. The molecule has 1 aliphatic heterocycles. The molecule has 15 heavy (non-hydrogen) atoms. The summed E-state index contributed by atoms with van der Waals surface area (Å²) >= 11 is 0. The molecule has 1 rings (SSSR count). The summed E-state index contributed by atoms with van der Waals surface area (Å²) in [6.07, 6.45) is 3.17. The van der Waals surface area contributed by atoms with E-state index in [9.17, 15) is 4.79 Å². The first kappa shape index (κ1) is 12.7. The Balaban J connectivity index is 2.76. The summed E-state index contributed by atoms with van der Waals surface area (Å²) in [5.74, 6) is 1.18. The van der Waals surface area contributed by atoms with Crippen LogP contribution in [0, 0.1) is 17.3 Å². The molecule has 0 amide bonds. The van der Waals surface area contributed by atoms with Crippen molar-refractivity contribution in [2.24, 2.45) is 17.3 Å². The molecule has 0 saturated carbocycles. The van der Waals surface area contributed by atoms with E-state index >= 15 is 0 Å². The molecular weight excluding hydrogens is 186 g/mol. The molecular formula is C13H25NO.